The quantitative estimate of drug-likeness (QED) is 0.199. The fraction of sp³-hybridized carbons (Fsp3) is 0.240. The average molecular weight is 540 g/mol. The van der Waals surface area contributed by atoms with E-state index >= 15 is 0 Å². The van der Waals surface area contributed by atoms with Crippen molar-refractivity contribution in [2.45, 2.75) is 19.3 Å². The van der Waals surface area contributed by atoms with Crippen LogP contribution >= 0.6 is 24.0 Å². The van der Waals surface area contributed by atoms with Gasteiger partial charge < -0.3 is 10.6 Å². The van der Waals surface area contributed by atoms with Crippen molar-refractivity contribution in [1.82, 2.24) is 25.2 Å². The highest BCUT2D eigenvalue weighted by atomic mass is 127. The fourth-order valence-electron chi connectivity index (χ4n) is 3.65. The van der Waals surface area contributed by atoms with Crippen molar-refractivity contribution in [3.05, 3.63) is 102 Å². The standard InChI is InChI=1S/C25H28N6.HI/c1-2-26-25(27-17-16-24-30-29-23-15-9-10-18-31(23)24)28-19-22(20-11-5-3-6-12-20)21-13-7-4-8-14-21;/h3-15,18,22H,2,16-17,19H2,1H3,(H2,26,27,28);1H. The summed E-state index contributed by atoms with van der Waals surface area (Å²) < 4.78 is 2.02. The number of benzene rings is 2. The van der Waals surface area contributed by atoms with Crippen LogP contribution < -0.4 is 10.6 Å². The first-order valence-electron chi connectivity index (χ1n) is 10.8. The molecule has 2 heterocycles. The van der Waals surface area contributed by atoms with E-state index in [2.05, 4.69) is 88.4 Å². The summed E-state index contributed by atoms with van der Waals surface area (Å²) in [5, 5.41) is 15.3. The molecule has 166 valence electrons. The maximum absolute atomic E-state index is 4.90. The van der Waals surface area contributed by atoms with E-state index in [1.807, 2.05) is 28.8 Å². The van der Waals surface area contributed by atoms with Gasteiger partial charge in [0.05, 0.1) is 6.54 Å². The first-order valence-corrected chi connectivity index (χ1v) is 10.8. The van der Waals surface area contributed by atoms with Crippen LogP contribution in [-0.4, -0.2) is 40.2 Å². The lowest BCUT2D eigenvalue weighted by Gasteiger charge is -2.18. The Morgan fingerprint density at radius 2 is 1.53 bits per heavy atom. The van der Waals surface area contributed by atoms with Crippen LogP contribution in [0.2, 0.25) is 0 Å². The lowest BCUT2D eigenvalue weighted by molar-refractivity contribution is 0.749. The second kappa shape index (κ2) is 12.2. The number of hydrogen-bond donors (Lipinski definition) is 2. The highest BCUT2D eigenvalue weighted by Gasteiger charge is 2.14. The lowest BCUT2D eigenvalue weighted by Crippen LogP contribution is -2.38. The summed E-state index contributed by atoms with van der Waals surface area (Å²) in [5.41, 5.74) is 3.40. The number of halogens is 1. The van der Waals surface area contributed by atoms with E-state index in [1.54, 1.807) is 0 Å². The number of hydrogen-bond acceptors (Lipinski definition) is 3. The molecule has 0 amide bonds. The molecule has 6 nitrogen and oxygen atoms in total. The molecule has 0 spiro atoms. The van der Waals surface area contributed by atoms with E-state index in [0.29, 0.717) is 6.54 Å². The van der Waals surface area contributed by atoms with Gasteiger partial charge in [0.25, 0.3) is 0 Å². The van der Waals surface area contributed by atoms with Crippen molar-refractivity contribution in [2.75, 3.05) is 19.6 Å². The van der Waals surface area contributed by atoms with Gasteiger partial charge in [-0.25, -0.2) is 0 Å². The zero-order valence-electron chi connectivity index (χ0n) is 18.2. The van der Waals surface area contributed by atoms with Crippen LogP contribution in [0.25, 0.3) is 5.65 Å². The number of nitrogens with zero attached hydrogens (tertiary/aromatic N) is 4. The molecule has 0 unspecified atom stereocenters. The van der Waals surface area contributed by atoms with Crippen LogP contribution in [-0.2, 0) is 6.42 Å². The number of fused-ring (bicyclic) bond motifs is 1. The third-order valence-electron chi connectivity index (χ3n) is 5.21. The first kappa shape index (κ1) is 23.7. The molecule has 2 N–H and O–H groups in total. The summed E-state index contributed by atoms with van der Waals surface area (Å²) in [6, 6.07) is 27.0. The molecular weight excluding hydrogens is 511 g/mol. The molecule has 0 aliphatic rings. The minimum atomic E-state index is 0. The predicted molar refractivity (Wildman–Crippen MR) is 141 cm³/mol. The fourth-order valence-corrected chi connectivity index (χ4v) is 3.65. The van der Waals surface area contributed by atoms with Crippen LogP contribution in [0.15, 0.2) is 90.1 Å². The third-order valence-corrected chi connectivity index (χ3v) is 5.21. The van der Waals surface area contributed by atoms with Crippen molar-refractivity contribution in [3.8, 4) is 0 Å². The number of nitrogens with one attached hydrogen (secondary N) is 2. The molecule has 2 aromatic heterocycles. The molecular formula is C25H29IN6. The number of guanidine groups is 1. The van der Waals surface area contributed by atoms with E-state index in [0.717, 1.165) is 36.9 Å². The Hall–Kier alpha value is -2.94. The van der Waals surface area contributed by atoms with Gasteiger partial charge in [-0.1, -0.05) is 66.7 Å². The van der Waals surface area contributed by atoms with E-state index in [-0.39, 0.29) is 29.9 Å². The number of rotatable bonds is 8. The molecule has 0 bridgehead atoms. The van der Waals surface area contributed by atoms with Crippen LogP contribution in [0.4, 0.5) is 0 Å². The van der Waals surface area contributed by atoms with E-state index in [9.17, 15) is 0 Å². The molecule has 0 fully saturated rings. The molecule has 0 aliphatic heterocycles. The Labute approximate surface area is 206 Å². The van der Waals surface area contributed by atoms with Gasteiger partial charge in [0, 0.05) is 31.6 Å². The number of pyridine rings is 1. The van der Waals surface area contributed by atoms with Crippen molar-refractivity contribution >= 4 is 35.6 Å². The summed E-state index contributed by atoms with van der Waals surface area (Å²) in [7, 11) is 0. The van der Waals surface area contributed by atoms with Gasteiger partial charge >= 0.3 is 0 Å². The van der Waals surface area contributed by atoms with Crippen molar-refractivity contribution in [3.63, 3.8) is 0 Å². The topological polar surface area (TPSA) is 66.6 Å². The molecule has 4 rings (SSSR count). The second-order valence-corrected chi connectivity index (χ2v) is 7.32. The maximum Gasteiger partial charge on any atom is 0.191 e. The lowest BCUT2D eigenvalue weighted by atomic mass is 9.91. The van der Waals surface area contributed by atoms with Crippen molar-refractivity contribution in [2.24, 2.45) is 4.99 Å². The Balaban J connectivity index is 0.00000289. The highest BCUT2D eigenvalue weighted by molar-refractivity contribution is 14.0. The number of aromatic nitrogens is 3. The second-order valence-electron chi connectivity index (χ2n) is 7.32. The molecule has 2 aromatic carbocycles. The Morgan fingerprint density at radius 3 is 2.19 bits per heavy atom. The van der Waals surface area contributed by atoms with Gasteiger partial charge in [0.15, 0.2) is 11.6 Å². The van der Waals surface area contributed by atoms with Gasteiger partial charge in [0.1, 0.15) is 5.82 Å². The first-order chi connectivity index (χ1) is 15.3. The van der Waals surface area contributed by atoms with E-state index in [4.69, 9.17) is 4.99 Å². The van der Waals surface area contributed by atoms with Gasteiger partial charge in [0.2, 0.25) is 0 Å². The summed E-state index contributed by atoms with van der Waals surface area (Å²) in [6.45, 7) is 4.27. The van der Waals surface area contributed by atoms with Crippen molar-refractivity contribution < 1.29 is 0 Å². The monoisotopic (exact) mass is 540 g/mol. The highest BCUT2D eigenvalue weighted by Crippen LogP contribution is 2.24. The molecule has 7 heteroatoms. The molecule has 0 atom stereocenters. The molecule has 0 saturated heterocycles. The Morgan fingerprint density at radius 1 is 0.875 bits per heavy atom. The van der Waals surface area contributed by atoms with Crippen LogP contribution in [0, 0.1) is 0 Å². The number of aliphatic imine (C=N–C) groups is 1. The smallest absolute Gasteiger partial charge is 0.191 e. The van der Waals surface area contributed by atoms with Gasteiger partial charge in [-0.15, -0.1) is 34.2 Å². The molecule has 0 saturated carbocycles. The molecule has 0 radical (unpaired) electrons. The van der Waals surface area contributed by atoms with E-state index in [1.165, 1.54) is 11.1 Å². The normalized spacial score (nSPS) is 11.4. The maximum atomic E-state index is 4.90. The van der Waals surface area contributed by atoms with Crippen LogP contribution in [0.3, 0.4) is 0 Å². The van der Waals surface area contributed by atoms with E-state index < -0.39 is 0 Å². The van der Waals surface area contributed by atoms with Gasteiger partial charge in [-0.05, 0) is 30.2 Å². The minimum absolute atomic E-state index is 0. The SMILES string of the molecule is CCNC(=NCC(c1ccccc1)c1ccccc1)NCCc1nnc2ccccn12.I. The average Bonchev–Trinajstić information content (AvgIpc) is 3.24. The van der Waals surface area contributed by atoms with Crippen LogP contribution in [0.1, 0.15) is 29.8 Å². The summed E-state index contributed by atoms with van der Waals surface area (Å²) in [6.07, 6.45) is 2.75. The molecule has 4 aromatic rings. The zero-order chi connectivity index (χ0) is 21.3. The Bertz CT molecular complexity index is 1070. The van der Waals surface area contributed by atoms with Crippen LogP contribution in [0.5, 0.6) is 0 Å². The Kier molecular flexibility index (Phi) is 9.03. The van der Waals surface area contributed by atoms with Gasteiger partial charge in [-0.2, -0.15) is 0 Å². The van der Waals surface area contributed by atoms with Crippen molar-refractivity contribution in [1.29, 1.82) is 0 Å². The summed E-state index contributed by atoms with van der Waals surface area (Å²) in [4.78, 5) is 4.90. The molecule has 0 aliphatic carbocycles. The predicted octanol–water partition coefficient (Wildman–Crippen LogP) is 4.28. The summed E-state index contributed by atoms with van der Waals surface area (Å²) in [5.74, 6) is 1.96. The largest absolute Gasteiger partial charge is 0.357 e. The summed E-state index contributed by atoms with van der Waals surface area (Å²) >= 11 is 0. The minimum Gasteiger partial charge on any atom is -0.357 e. The van der Waals surface area contributed by atoms with Gasteiger partial charge in [-0.3, -0.25) is 9.39 Å². The third kappa shape index (κ3) is 6.06. The molecule has 32 heavy (non-hydrogen) atoms. The zero-order valence-corrected chi connectivity index (χ0v) is 20.5.